The monoisotopic (exact) mass is 264 g/mol. The Bertz CT molecular complexity index is 358. The minimum absolute atomic E-state index is 0.00299. The maximum Gasteiger partial charge on any atom is 0.311 e. The second-order valence-electron chi connectivity index (χ2n) is 6.38. The number of carbonyl (C=O) groups excluding carboxylic acids is 1. The maximum absolute atomic E-state index is 12.4. The van der Waals surface area contributed by atoms with Gasteiger partial charge in [-0.2, -0.15) is 0 Å². The second kappa shape index (κ2) is 4.93. The molecule has 0 bridgehead atoms. The Balaban J connectivity index is 1.76. The third kappa shape index (κ3) is 2.03. The van der Waals surface area contributed by atoms with E-state index in [2.05, 4.69) is 6.58 Å². The zero-order chi connectivity index (χ0) is 13.3. The molecule has 1 heterocycles. The van der Waals surface area contributed by atoms with Crippen LogP contribution in [0.5, 0.6) is 0 Å². The molecule has 0 spiro atoms. The molecule has 0 amide bonds. The van der Waals surface area contributed by atoms with Gasteiger partial charge in [0.05, 0.1) is 12.5 Å². The van der Waals surface area contributed by atoms with Gasteiger partial charge in [0, 0.05) is 11.8 Å². The summed E-state index contributed by atoms with van der Waals surface area (Å²) < 4.78 is 11.9. The zero-order valence-electron chi connectivity index (χ0n) is 11.7. The molecule has 19 heavy (non-hydrogen) atoms. The molecular weight excluding hydrogens is 240 g/mol. The van der Waals surface area contributed by atoms with Crippen LogP contribution in [0.15, 0.2) is 12.7 Å². The molecular formula is C16H24O3. The van der Waals surface area contributed by atoms with Crippen LogP contribution in [0.4, 0.5) is 0 Å². The minimum Gasteiger partial charge on any atom is -0.432 e. The van der Waals surface area contributed by atoms with Crippen LogP contribution >= 0.6 is 0 Å². The van der Waals surface area contributed by atoms with Gasteiger partial charge >= 0.3 is 5.97 Å². The summed E-state index contributed by atoms with van der Waals surface area (Å²) in [6.45, 7) is 4.59. The van der Waals surface area contributed by atoms with Crippen molar-refractivity contribution in [3.63, 3.8) is 0 Å². The van der Waals surface area contributed by atoms with Crippen LogP contribution in [0.1, 0.15) is 57.8 Å². The highest BCUT2D eigenvalue weighted by molar-refractivity contribution is 5.73. The zero-order valence-corrected chi connectivity index (χ0v) is 11.7. The lowest BCUT2D eigenvalue weighted by atomic mass is 9.77. The molecule has 2 aliphatic carbocycles. The lowest BCUT2D eigenvalue weighted by molar-refractivity contribution is -0.242. The van der Waals surface area contributed by atoms with Crippen LogP contribution in [0.3, 0.4) is 0 Å². The molecule has 3 heteroatoms. The quantitative estimate of drug-likeness (QED) is 0.575. The molecule has 3 nitrogen and oxygen atoms in total. The van der Waals surface area contributed by atoms with E-state index in [9.17, 15) is 4.79 Å². The number of esters is 1. The average molecular weight is 264 g/mol. The fraction of sp³-hybridized carbons (Fsp3) is 0.812. The van der Waals surface area contributed by atoms with Crippen molar-refractivity contribution in [3.05, 3.63) is 12.7 Å². The Morgan fingerprint density at radius 3 is 2.79 bits per heavy atom. The number of hydrogen-bond acceptors (Lipinski definition) is 3. The first kappa shape index (κ1) is 13.2. The summed E-state index contributed by atoms with van der Waals surface area (Å²) in [4.78, 5) is 12.4. The number of ether oxygens (including phenoxy) is 2. The van der Waals surface area contributed by atoms with E-state index in [1.807, 2.05) is 6.08 Å². The van der Waals surface area contributed by atoms with Gasteiger partial charge < -0.3 is 9.47 Å². The molecule has 3 rings (SSSR count). The second-order valence-corrected chi connectivity index (χ2v) is 6.38. The molecule has 0 aromatic heterocycles. The van der Waals surface area contributed by atoms with Gasteiger partial charge in [-0.05, 0) is 38.5 Å². The van der Waals surface area contributed by atoms with E-state index in [-0.39, 0.29) is 17.3 Å². The van der Waals surface area contributed by atoms with Crippen molar-refractivity contribution in [3.8, 4) is 0 Å². The van der Waals surface area contributed by atoms with Gasteiger partial charge in [0.15, 0.2) is 0 Å². The Hall–Kier alpha value is -0.830. The van der Waals surface area contributed by atoms with Gasteiger partial charge in [-0.1, -0.05) is 18.9 Å². The van der Waals surface area contributed by atoms with Gasteiger partial charge in [-0.3, -0.25) is 4.79 Å². The van der Waals surface area contributed by atoms with E-state index in [0.717, 1.165) is 57.8 Å². The van der Waals surface area contributed by atoms with Crippen LogP contribution in [0.2, 0.25) is 0 Å². The SMILES string of the molecule is C=CCC12CCCC1(OC(=O)C1CCCC1)OCC2. The third-order valence-electron chi connectivity index (χ3n) is 5.37. The van der Waals surface area contributed by atoms with E-state index in [4.69, 9.17) is 9.47 Å². The number of carbonyl (C=O) groups is 1. The van der Waals surface area contributed by atoms with Crippen molar-refractivity contribution < 1.29 is 14.3 Å². The number of hydrogen-bond donors (Lipinski definition) is 0. The molecule has 2 unspecified atom stereocenters. The normalized spacial score (nSPS) is 38.3. The molecule has 0 aromatic carbocycles. The van der Waals surface area contributed by atoms with E-state index in [1.165, 1.54) is 0 Å². The van der Waals surface area contributed by atoms with Crippen molar-refractivity contribution in [1.82, 2.24) is 0 Å². The van der Waals surface area contributed by atoms with Gasteiger partial charge in [0.25, 0.3) is 0 Å². The standard InChI is InChI=1S/C16H24O3/c1-2-8-15-9-5-10-16(15,18-12-11-15)19-14(17)13-6-3-4-7-13/h2,13H,1,3-12H2. The highest BCUT2D eigenvalue weighted by Gasteiger charge is 2.61. The van der Waals surface area contributed by atoms with E-state index >= 15 is 0 Å². The molecule has 1 aliphatic heterocycles. The van der Waals surface area contributed by atoms with Crippen molar-refractivity contribution in [2.24, 2.45) is 11.3 Å². The molecule has 3 aliphatic rings. The summed E-state index contributed by atoms with van der Waals surface area (Å²) in [7, 11) is 0. The summed E-state index contributed by atoms with van der Waals surface area (Å²) in [5, 5.41) is 0. The van der Waals surface area contributed by atoms with Crippen LogP contribution in [-0.2, 0) is 14.3 Å². The highest BCUT2D eigenvalue weighted by atomic mass is 16.7. The van der Waals surface area contributed by atoms with Crippen LogP contribution in [-0.4, -0.2) is 18.4 Å². The Labute approximate surface area is 115 Å². The predicted molar refractivity (Wildman–Crippen MR) is 72.4 cm³/mol. The summed E-state index contributed by atoms with van der Waals surface area (Å²) in [6.07, 6.45) is 11.2. The molecule has 3 fully saturated rings. The van der Waals surface area contributed by atoms with Crippen LogP contribution < -0.4 is 0 Å². The van der Waals surface area contributed by atoms with Crippen molar-refractivity contribution in [2.45, 2.75) is 63.6 Å². The van der Waals surface area contributed by atoms with Crippen LogP contribution in [0, 0.1) is 11.3 Å². The smallest absolute Gasteiger partial charge is 0.311 e. The predicted octanol–water partition coefficient (Wildman–Crippen LogP) is 3.58. The molecule has 2 atom stereocenters. The molecule has 2 saturated carbocycles. The van der Waals surface area contributed by atoms with Gasteiger partial charge in [-0.25, -0.2) is 0 Å². The lowest BCUT2D eigenvalue weighted by Gasteiger charge is -2.38. The number of rotatable bonds is 4. The number of fused-ring (bicyclic) bond motifs is 1. The Morgan fingerprint density at radius 1 is 1.26 bits per heavy atom. The first-order valence-electron chi connectivity index (χ1n) is 7.69. The van der Waals surface area contributed by atoms with Gasteiger partial charge in [-0.15, -0.1) is 6.58 Å². The van der Waals surface area contributed by atoms with E-state index in [0.29, 0.717) is 6.61 Å². The average Bonchev–Trinajstić information content (AvgIpc) is 3.03. The first-order valence-corrected chi connectivity index (χ1v) is 7.69. The molecule has 0 aromatic rings. The van der Waals surface area contributed by atoms with Crippen molar-refractivity contribution in [1.29, 1.82) is 0 Å². The minimum atomic E-state index is -0.638. The fourth-order valence-electron chi connectivity index (χ4n) is 4.30. The van der Waals surface area contributed by atoms with Crippen LogP contribution in [0.25, 0.3) is 0 Å². The Morgan fingerprint density at radius 2 is 2.05 bits per heavy atom. The summed E-state index contributed by atoms with van der Waals surface area (Å²) in [5.74, 6) is -0.545. The topological polar surface area (TPSA) is 35.5 Å². The van der Waals surface area contributed by atoms with Crippen molar-refractivity contribution >= 4 is 5.97 Å². The summed E-state index contributed by atoms with van der Waals surface area (Å²) >= 11 is 0. The maximum atomic E-state index is 12.4. The van der Waals surface area contributed by atoms with Gasteiger partial charge in [0.2, 0.25) is 5.79 Å². The lowest BCUT2D eigenvalue weighted by Crippen LogP contribution is -2.45. The first-order chi connectivity index (χ1) is 9.21. The molecule has 1 saturated heterocycles. The molecule has 0 radical (unpaired) electrons. The fourth-order valence-corrected chi connectivity index (χ4v) is 4.30. The van der Waals surface area contributed by atoms with E-state index < -0.39 is 5.79 Å². The van der Waals surface area contributed by atoms with E-state index in [1.54, 1.807) is 0 Å². The highest BCUT2D eigenvalue weighted by Crippen LogP contribution is 2.58. The summed E-state index contributed by atoms with van der Waals surface area (Å²) in [5.41, 5.74) is 0.00299. The Kier molecular flexibility index (Phi) is 3.42. The number of allylic oxidation sites excluding steroid dienone is 1. The largest absolute Gasteiger partial charge is 0.432 e. The third-order valence-corrected chi connectivity index (χ3v) is 5.37. The summed E-state index contributed by atoms with van der Waals surface area (Å²) in [6, 6.07) is 0. The van der Waals surface area contributed by atoms with Crippen molar-refractivity contribution in [2.75, 3.05) is 6.61 Å². The molecule has 106 valence electrons. The van der Waals surface area contributed by atoms with Gasteiger partial charge in [0.1, 0.15) is 0 Å². The molecule has 0 N–H and O–H groups in total.